The Balaban J connectivity index is 1.72. The summed E-state index contributed by atoms with van der Waals surface area (Å²) in [5.41, 5.74) is 2.12. The predicted molar refractivity (Wildman–Crippen MR) is 82.4 cm³/mol. The predicted octanol–water partition coefficient (Wildman–Crippen LogP) is 2.20. The molecule has 0 radical (unpaired) electrons. The third kappa shape index (κ3) is 3.23. The third-order valence-corrected chi connectivity index (χ3v) is 3.52. The normalized spacial score (nSPS) is 14.2. The van der Waals surface area contributed by atoms with E-state index in [-0.39, 0.29) is 12.5 Å². The highest BCUT2D eigenvalue weighted by Crippen LogP contribution is 2.22. The van der Waals surface area contributed by atoms with Gasteiger partial charge in [0.05, 0.1) is 0 Å². The maximum Gasteiger partial charge on any atom is 0.264 e. The highest BCUT2D eigenvalue weighted by Gasteiger charge is 2.20. The molecule has 2 aromatic rings. The number of nitrogens with one attached hydrogen (secondary N) is 1. The van der Waals surface area contributed by atoms with Crippen LogP contribution in [0.15, 0.2) is 54.6 Å². The van der Waals surface area contributed by atoms with Crippen LogP contribution in [0.3, 0.4) is 0 Å². The Hall–Kier alpha value is -2.33. The van der Waals surface area contributed by atoms with Gasteiger partial charge >= 0.3 is 0 Å². The smallest absolute Gasteiger partial charge is 0.264 e. The quantitative estimate of drug-likeness (QED) is 0.938. The summed E-state index contributed by atoms with van der Waals surface area (Å²) >= 11 is 0. The summed E-state index contributed by atoms with van der Waals surface area (Å²) in [4.78, 5) is 14.3. The van der Waals surface area contributed by atoms with Gasteiger partial charge in [0.25, 0.3) is 5.91 Å². The zero-order chi connectivity index (χ0) is 14.5. The van der Waals surface area contributed by atoms with Gasteiger partial charge in [-0.05, 0) is 23.8 Å². The van der Waals surface area contributed by atoms with Crippen LogP contribution in [0.5, 0.6) is 5.75 Å². The molecule has 0 bridgehead atoms. The lowest BCUT2D eigenvalue weighted by atomic mass is 10.1. The minimum absolute atomic E-state index is 0.0185. The first-order valence-electron chi connectivity index (χ1n) is 7.11. The van der Waals surface area contributed by atoms with Crippen molar-refractivity contribution in [1.29, 1.82) is 0 Å². The average Bonchev–Trinajstić information content (AvgIpc) is 2.76. The van der Waals surface area contributed by atoms with Crippen molar-refractivity contribution < 1.29 is 9.53 Å². The van der Waals surface area contributed by atoms with Gasteiger partial charge < -0.3 is 15.0 Å². The first-order chi connectivity index (χ1) is 10.3. The number of carbonyl (C=O) groups is 1. The van der Waals surface area contributed by atoms with Gasteiger partial charge in [-0.25, -0.2) is 0 Å². The van der Waals surface area contributed by atoms with E-state index in [0.717, 1.165) is 24.3 Å². The fourth-order valence-corrected chi connectivity index (χ4v) is 2.46. The molecule has 0 aliphatic carbocycles. The molecule has 0 spiro atoms. The molecule has 21 heavy (non-hydrogen) atoms. The molecule has 0 aromatic heterocycles. The van der Waals surface area contributed by atoms with E-state index in [2.05, 4.69) is 5.32 Å². The second-order valence-corrected chi connectivity index (χ2v) is 4.95. The van der Waals surface area contributed by atoms with E-state index in [0.29, 0.717) is 12.3 Å². The number of para-hydroxylation sites is 2. The molecule has 1 aliphatic heterocycles. The molecule has 1 N–H and O–H groups in total. The number of hydrogen-bond acceptors (Lipinski definition) is 3. The summed E-state index contributed by atoms with van der Waals surface area (Å²) in [6.45, 7) is 2.29. The van der Waals surface area contributed by atoms with Gasteiger partial charge in [-0.1, -0.05) is 36.4 Å². The number of ether oxygens (including phenoxy) is 1. The molecule has 0 fully saturated rings. The summed E-state index contributed by atoms with van der Waals surface area (Å²) in [7, 11) is 0. The Kier molecular flexibility index (Phi) is 4.17. The van der Waals surface area contributed by atoms with Crippen molar-refractivity contribution in [2.45, 2.75) is 6.54 Å². The molecular weight excluding hydrogens is 264 g/mol. The van der Waals surface area contributed by atoms with Crippen molar-refractivity contribution >= 4 is 11.6 Å². The molecule has 108 valence electrons. The van der Waals surface area contributed by atoms with E-state index in [1.165, 1.54) is 0 Å². The third-order valence-electron chi connectivity index (χ3n) is 3.52. The maximum atomic E-state index is 12.5. The molecule has 1 aliphatic rings. The molecule has 4 heteroatoms. The van der Waals surface area contributed by atoms with Gasteiger partial charge in [0.2, 0.25) is 0 Å². The largest absolute Gasteiger partial charge is 0.484 e. The van der Waals surface area contributed by atoms with Crippen molar-refractivity contribution in [3.8, 4) is 5.75 Å². The van der Waals surface area contributed by atoms with E-state index in [1.807, 2.05) is 54.6 Å². The summed E-state index contributed by atoms with van der Waals surface area (Å²) < 4.78 is 5.57. The Morgan fingerprint density at radius 3 is 2.71 bits per heavy atom. The Labute approximate surface area is 124 Å². The summed E-state index contributed by atoms with van der Waals surface area (Å²) in [6, 6.07) is 17.4. The highest BCUT2D eigenvalue weighted by molar-refractivity contribution is 5.95. The van der Waals surface area contributed by atoms with Crippen molar-refractivity contribution in [3.05, 3.63) is 60.2 Å². The van der Waals surface area contributed by atoms with E-state index in [1.54, 1.807) is 4.90 Å². The molecule has 3 rings (SSSR count). The number of amides is 1. The number of benzene rings is 2. The van der Waals surface area contributed by atoms with Gasteiger partial charge in [0, 0.05) is 25.3 Å². The van der Waals surface area contributed by atoms with E-state index < -0.39 is 0 Å². The minimum atomic E-state index is -0.0185. The number of nitrogens with zero attached hydrogens (tertiary/aromatic N) is 1. The standard InChI is InChI=1S/C17H18N2O2/c20-17(13-21-15-7-2-1-3-8-15)19-11-10-18-12-14-6-4-5-9-16(14)19/h1-9,18H,10-13H2. The Morgan fingerprint density at radius 2 is 1.86 bits per heavy atom. The molecule has 4 nitrogen and oxygen atoms in total. The van der Waals surface area contributed by atoms with Crippen LogP contribution in [-0.4, -0.2) is 25.6 Å². The summed E-state index contributed by atoms with van der Waals surface area (Å²) in [5.74, 6) is 0.696. The molecule has 1 amide bonds. The summed E-state index contributed by atoms with van der Waals surface area (Å²) in [5, 5.41) is 3.33. The van der Waals surface area contributed by atoms with Crippen LogP contribution in [0.2, 0.25) is 0 Å². The van der Waals surface area contributed by atoms with Gasteiger partial charge in [-0.15, -0.1) is 0 Å². The number of anilines is 1. The van der Waals surface area contributed by atoms with Crippen molar-refractivity contribution in [2.24, 2.45) is 0 Å². The van der Waals surface area contributed by atoms with E-state index in [4.69, 9.17) is 4.74 Å². The molecule has 2 aromatic carbocycles. The fourth-order valence-electron chi connectivity index (χ4n) is 2.46. The van der Waals surface area contributed by atoms with E-state index in [9.17, 15) is 4.79 Å². The fraction of sp³-hybridized carbons (Fsp3) is 0.235. The SMILES string of the molecule is O=C(COc1ccccc1)N1CCNCc2ccccc21. The second kappa shape index (κ2) is 6.41. The molecular formula is C17H18N2O2. The lowest BCUT2D eigenvalue weighted by Gasteiger charge is -2.22. The summed E-state index contributed by atoms with van der Waals surface area (Å²) in [6.07, 6.45) is 0. The molecule has 0 atom stereocenters. The van der Waals surface area contributed by atoms with Crippen LogP contribution in [0.4, 0.5) is 5.69 Å². The topological polar surface area (TPSA) is 41.6 Å². The van der Waals surface area contributed by atoms with E-state index >= 15 is 0 Å². The highest BCUT2D eigenvalue weighted by atomic mass is 16.5. The van der Waals surface area contributed by atoms with Crippen LogP contribution in [0.25, 0.3) is 0 Å². The van der Waals surface area contributed by atoms with Crippen LogP contribution >= 0.6 is 0 Å². The van der Waals surface area contributed by atoms with Gasteiger partial charge in [0.1, 0.15) is 5.75 Å². The van der Waals surface area contributed by atoms with Crippen molar-refractivity contribution in [3.63, 3.8) is 0 Å². The first kappa shape index (κ1) is 13.6. The number of fused-ring (bicyclic) bond motifs is 1. The van der Waals surface area contributed by atoms with Crippen LogP contribution in [-0.2, 0) is 11.3 Å². The lowest BCUT2D eigenvalue weighted by molar-refractivity contribution is -0.120. The lowest BCUT2D eigenvalue weighted by Crippen LogP contribution is -2.38. The number of carbonyl (C=O) groups excluding carboxylic acids is 1. The molecule has 0 saturated heterocycles. The number of hydrogen-bond donors (Lipinski definition) is 1. The molecule has 0 saturated carbocycles. The monoisotopic (exact) mass is 282 g/mol. The van der Waals surface area contributed by atoms with Gasteiger partial charge in [-0.2, -0.15) is 0 Å². The number of rotatable bonds is 3. The zero-order valence-corrected chi connectivity index (χ0v) is 11.8. The maximum absolute atomic E-state index is 12.5. The van der Waals surface area contributed by atoms with Crippen LogP contribution in [0.1, 0.15) is 5.56 Å². The van der Waals surface area contributed by atoms with Gasteiger partial charge in [-0.3, -0.25) is 4.79 Å². The molecule has 1 heterocycles. The van der Waals surface area contributed by atoms with Crippen LogP contribution in [0, 0.1) is 0 Å². The van der Waals surface area contributed by atoms with Crippen LogP contribution < -0.4 is 15.0 Å². The molecule has 0 unspecified atom stereocenters. The Morgan fingerprint density at radius 1 is 1.10 bits per heavy atom. The van der Waals surface area contributed by atoms with Gasteiger partial charge in [0.15, 0.2) is 6.61 Å². The average molecular weight is 282 g/mol. The minimum Gasteiger partial charge on any atom is -0.484 e. The van der Waals surface area contributed by atoms with Crippen molar-refractivity contribution in [2.75, 3.05) is 24.6 Å². The first-order valence-corrected chi connectivity index (χ1v) is 7.11. The van der Waals surface area contributed by atoms with Crippen molar-refractivity contribution in [1.82, 2.24) is 5.32 Å². The Bertz CT molecular complexity index is 613. The zero-order valence-electron chi connectivity index (χ0n) is 11.8. The second-order valence-electron chi connectivity index (χ2n) is 4.95.